The second kappa shape index (κ2) is 5.30. The van der Waals surface area contributed by atoms with E-state index in [1.165, 1.54) is 0 Å². The normalized spacial score (nSPS) is 11.9. The van der Waals surface area contributed by atoms with Crippen molar-refractivity contribution in [1.82, 2.24) is 0 Å². The van der Waals surface area contributed by atoms with Gasteiger partial charge in [-0.25, -0.2) is 0 Å². The van der Waals surface area contributed by atoms with Crippen molar-refractivity contribution in [3.8, 4) is 5.75 Å². The molecule has 0 aliphatic rings. The zero-order chi connectivity index (χ0) is 12.1. The smallest absolute Gasteiger partial charge is 0.310 e. The standard InChI is InChI=1S/C12H14O4/c1-3-16-10-4-5-11(8(2)12(14)15)9(6-10)7-13/h4-8H,3H2,1-2H3,(H,14,15). The van der Waals surface area contributed by atoms with Crippen molar-refractivity contribution in [2.45, 2.75) is 19.8 Å². The molecule has 1 aromatic rings. The van der Waals surface area contributed by atoms with Crippen molar-refractivity contribution >= 4 is 12.3 Å². The average molecular weight is 222 g/mol. The van der Waals surface area contributed by atoms with Gasteiger partial charge in [-0.15, -0.1) is 0 Å². The molecular formula is C12H14O4. The van der Waals surface area contributed by atoms with Gasteiger partial charge >= 0.3 is 5.97 Å². The van der Waals surface area contributed by atoms with Crippen LogP contribution in [0.5, 0.6) is 5.75 Å². The molecule has 86 valence electrons. The number of benzene rings is 1. The maximum absolute atomic E-state index is 10.9. The Morgan fingerprint density at radius 1 is 1.56 bits per heavy atom. The summed E-state index contributed by atoms with van der Waals surface area (Å²) in [5, 5.41) is 8.88. The van der Waals surface area contributed by atoms with Gasteiger partial charge in [-0.05, 0) is 31.5 Å². The van der Waals surface area contributed by atoms with Gasteiger partial charge in [0.1, 0.15) is 12.0 Å². The molecule has 0 aromatic heterocycles. The van der Waals surface area contributed by atoms with E-state index >= 15 is 0 Å². The van der Waals surface area contributed by atoms with Crippen LogP contribution >= 0.6 is 0 Å². The lowest BCUT2D eigenvalue weighted by Gasteiger charge is -2.11. The van der Waals surface area contributed by atoms with Crippen LogP contribution in [0.2, 0.25) is 0 Å². The second-order valence-electron chi connectivity index (χ2n) is 3.40. The highest BCUT2D eigenvalue weighted by Crippen LogP contribution is 2.23. The van der Waals surface area contributed by atoms with E-state index in [1.54, 1.807) is 25.1 Å². The summed E-state index contributed by atoms with van der Waals surface area (Å²) < 4.78 is 5.24. The number of hydrogen-bond donors (Lipinski definition) is 1. The summed E-state index contributed by atoms with van der Waals surface area (Å²) in [6.45, 7) is 3.89. The fourth-order valence-corrected chi connectivity index (χ4v) is 1.44. The predicted molar refractivity (Wildman–Crippen MR) is 59.0 cm³/mol. The van der Waals surface area contributed by atoms with Gasteiger partial charge in [0, 0.05) is 5.56 Å². The Balaban J connectivity index is 3.11. The third-order valence-electron chi connectivity index (χ3n) is 2.33. The maximum Gasteiger partial charge on any atom is 0.310 e. The van der Waals surface area contributed by atoms with Crippen LogP contribution in [0.25, 0.3) is 0 Å². The van der Waals surface area contributed by atoms with E-state index in [0.717, 1.165) is 0 Å². The number of hydrogen-bond acceptors (Lipinski definition) is 3. The monoisotopic (exact) mass is 222 g/mol. The number of aldehydes is 1. The quantitative estimate of drug-likeness (QED) is 0.775. The Hall–Kier alpha value is -1.84. The first kappa shape index (κ1) is 12.2. The van der Waals surface area contributed by atoms with E-state index < -0.39 is 11.9 Å². The van der Waals surface area contributed by atoms with E-state index in [4.69, 9.17) is 9.84 Å². The number of carboxylic acids is 1. The molecule has 1 unspecified atom stereocenters. The summed E-state index contributed by atoms with van der Waals surface area (Å²) in [7, 11) is 0. The Morgan fingerprint density at radius 2 is 2.25 bits per heavy atom. The molecular weight excluding hydrogens is 208 g/mol. The third-order valence-corrected chi connectivity index (χ3v) is 2.33. The molecule has 0 radical (unpaired) electrons. The van der Waals surface area contributed by atoms with Gasteiger partial charge in [-0.3, -0.25) is 9.59 Å². The minimum absolute atomic E-state index is 0.362. The summed E-state index contributed by atoms with van der Waals surface area (Å²) in [6.07, 6.45) is 0.650. The van der Waals surface area contributed by atoms with Gasteiger partial charge < -0.3 is 9.84 Å². The molecule has 0 bridgehead atoms. The van der Waals surface area contributed by atoms with E-state index in [2.05, 4.69) is 0 Å². The molecule has 0 spiro atoms. The van der Waals surface area contributed by atoms with Crippen molar-refractivity contribution in [1.29, 1.82) is 0 Å². The molecule has 0 aliphatic heterocycles. The van der Waals surface area contributed by atoms with Crippen molar-refractivity contribution in [2.75, 3.05) is 6.61 Å². The highest BCUT2D eigenvalue weighted by atomic mass is 16.5. The number of carbonyl (C=O) groups excluding carboxylic acids is 1. The highest BCUT2D eigenvalue weighted by Gasteiger charge is 2.17. The second-order valence-corrected chi connectivity index (χ2v) is 3.40. The first-order valence-electron chi connectivity index (χ1n) is 5.04. The number of rotatable bonds is 5. The summed E-state index contributed by atoms with van der Waals surface area (Å²) in [6, 6.07) is 4.85. The fraction of sp³-hybridized carbons (Fsp3) is 0.333. The maximum atomic E-state index is 10.9. The molecule has 1 N–H and O–H groups in total. The number of carboxylic acid groups (broad SMARTS) is 1. The van der Waals surface area contributed by atoms with E-state index in [9.17, 15) is 9.59 Å². The Morgan fingerprint density at radius 3 is 2.75 bits per heavy atom. The first-order chi connectivity index (χ1) is 7.60. The minimum Gasteiger partial charge on any atom is -0.494 e. The molecule has 1 rings (SSSR count). The largest absolute Gasteiger partial charge is 0.494 e. The fourth-order valence-electron chi connectivity index (χ4n) is 1.44. The summed E-state index contributed by atoms with van der Waals surface area (Å²) in [4.78, 5) is 21.7. The van der Waals surface area contributed by atoms with Crippen LogP contribution in [-0.2, 0) is 4.79 Å². The van der Waals surface area contributed by atoms with Crippen molar-refractivity contribution < 1.29 is 19.4 Å². The lowest BCUT2D eigenvalue weighted by molar-refractivity contribution is -0.138. The Kier molecular flexibility index (Phi) is 4.05. The molecule has 0 amide bonds. The Bertz CT molecular complexity index is 398. The van der Waals surface area contributed by atoms with Crippen LogP contribution in [0.1, 0.15) is 35.7 Å². The topological polar surface area (TPSA) is 63.6 Å². The number of aliphatic carboxylic acids is 1. The Labute approximate surface area is 93.9 Å². The van der Waals surface area contributed by atoms with Crippen LogP contribution in [0.4, 0.5) is 0 Å². The van der Waals surface area contributed by atoms with Crippen molar-refractivity contribution in [2.24, 2.45) is 0 Å². The van der Waals surface area contributed by atoms with E-state index in [1.807, 2.05) is 6.92 Å². The zero-order valence-electron chi connectivity index (χ0n) is 9.27. The third kappa shape index (κ3) is 2.59. The van der Waals surface area contributed by atoms with Crippen molar-refractivity contribution in [3.05, 3.63) is 29.3 Å². The van der Waals surface area contributed by atoms with Crippen LogP contribution in [0, 0.1) is 0 Å². The van der Waals surface area contributed by atoms with Crippen LogP contribution < -0.4 is 4.74 Å². The molecule has 4 nitrogen and oxygen atoms in total. The molecule has 0 fully saturated rings. The lowest BCUT2D eigenvalue weighted by Crippen LogP contribution is -2.10. The van der Waals surface area contributed by atoms with Crippen LogP contribution in [-0.4, -0.2) is 24.0 Å². The van der Waals surface area contributed by atoms with Gasteiger partial charge in [-0.1, -0.05) is 6.07 Å². The SMILES string of the molecule is CCOc1ccc(C(C)C(=O)O)c(C=O)c1. The number of ether oxygens (including phenoxy) is 1. The molecule has 1 atom stereocenters. The highest BCUT2D eigenvalue weighted by molar-refractivity contribution is 5.84. The van der Waals surface area contributed by atoms with Gasteiger partial charge in [0.25, 0.3) is 0 Å². The summed E-state index contributed by atoms with van der Waals surface area (Å²) in [5.41, 5.74) is 0.867. The molecule has 0 aliphatic carbocycles. The molecule has 4 heteroatoms. The molecule has 1 aromatic carbocycles. The van der Waals surface area contributed by atoms with Gasteiger partial charge in [-0.2, -0.15) is 0 Å². The van der Waals surface area contributed by atoms with E-state index in [-0.39, 0.29) is 0 Å². The molecule has 16 heavy (non-hydrogen) atoms. The van der Waals surface area contributed by atoms with E-state index in [0.29, 0.717) is 29.8 Å². The lowest BCUT2D eigenvalue weighted by atomic mass is 9.96. The summed E-state index contributed by atoms with van der Waals surface area (Å²) >= 11 is 0. The van der Waals surface area contributed by atoms with Gasteiger partial charge in [0.05, 0.1) is 12.5 Å². The zero-order valence-corrected chi connectivity index (χ0v) is 9.27. The van der Waals surface area contributed by atoms with Gasteiger partial charge in [0.2, 0.25) is 0 Å². The molecule has 0 saturated carbocycles. The minimum atomic E-state index is -0.952. The summed E-state index contributed by atoms with van der Waals surface area (Å²) in [5.74, 6) is -1.07. The molecule has 0 saturated heterocycles. The molecule has 0 heterocycles. The number of carbonyl (C=O) groups is 2. The average Bonchev–Trinajstić information content (AvgIpc) is 2.28. The van der Waals surface area contributed by atoms with Crippen molar-refractivity contribution in [3.63, 3.8) is 0 Å². The van der Waals surface area contributed by atoms with Crippen LogP contribution in [0.3, 0.4) is 0 Å². The predicted octanol–water partition coefficient (Wildman–Crippen LogP) is 2.09. The van der Waals surface area contributed by atoms with Crippen LogP contribution in [0.15, 0.2) is 18.2 Å². The van der Waals surface area contributed by atoms with Gasteiger partial charge in [0.15, 0.2) is 0 Å². The first-order valence-corrected chi connectivity index (χ1v) is 5.04.